The number of aryl methyl sites for hydroxylation is 1. The van der Waals surface area contributed by atoms with E-state index in [1.165, 1.54) is 6.20 Å². The molecule has 1 aliphatic rings. The van der Waals surface area contributed by atoms with Crippen molar-refractivity contribution in [3.63, 3.8) is 0 Å². The molecule has 0 spiro atoms. The van der Waals surface area contributed by atoms with Gasteiger partial charge in [-0.15, -0.1) is 11.6 Å². The van der Waals surface area contributed by atoms with E-state index in [0.29, 0.717) is 19.0 Å². The highest BCUT2D eigenvalue weighted by Gasteiger charge is 2.33. The number of rotatable bonds is 5. The number of halogens is 1. The lowest BCUT2D eigenvalue weighted by Gasteiger charge is -2.36. The Morgan fingerprint density at radius 2 is 2.20 bits per heavy atom. The van der Waals surface area contributed by atoms with Gasteiger partial charge in [-0.05, 0) is 20.4 Å². The highest BCUT2D eigenvalue weighted by molar-refractivity contribution is 7.89. The first-order chi connectivity index (χ1) is 9.45. The van der Waals surface area contributed by atoms with Gasteiger partial charge in [-0.1, -0.05) is 0 Å². The Morgan fingerprint density at radius 3 is 2.85 bits per heavy atom. The monoisotopic (exact) mass is 320 g/mol. The van der Waals surface area contributed by atoms with Crippen LogP contribution in [-0.4, -0.2) is 66.0 Å². The highest BCUT2D eigenvalue weighted by Crippen LogP contribution is 2.20. The van der Waals surface area contributed by atoms with E-state index < -0.39 is 10.0 Å². The van der Waals surface area contributed by atoms with Gasteiger partial charge in [0, 0.05) is 44.3 Å². The van der Waals surface area contributed by atoms with Crippen molar-refractivity contribution in [3.8, 4) is 0 Å². The summed E-state index contributed by atoms with van der Waals surface area (Å²) in [4.78, 5) is 2.41. The molecule has 1 aromatic heterocycles. The standard InChI is InChI=1S/C12H21ClN4O2S/c1-11-9-15(2)6-7-17(11)20(18,19)12-8-14-16(10-12)5-3-4-13/h8,10-11H,3-7,9H2,1-2H3. The third-order valence-corrected chi connectivity index (χ3v) is 5.74. The van der Waals surface area contributed by atoms with Crippen molar-refractivity contribution in [2.45, 2.75) is 30.8 Å². The summed E-state index contributed by atoms with van der Waals surface area (Å²) in [6, 6.07) is -0.0232. The SMILES string of the molecule is CC1CN(C)CCN1S(=O)(=O)c1cnn(CCCCl)c1. The summed E-state index contributed by atoms with van der Waals surface area (Å²) in [5, 5.41) is 4.10. The zero-order chi connectivity index (χ0) is 14.8. The molecule has 6 nitrogen and oxygen atoms in total. The van der Waals surface area contributed by atoms with Crippen LogP contribution >= 0.6 is 11.6 Å². The molecule has 0 aliphatic carbocycles. The average Bonchev–Trinajstić information content (AvgIpc) is 2.85. The third-order valence-electron chi connectivity index (χ3n) is 3.51. The summed E-state index contributed by atoms with van der Waals surface area (Å²) in [5.74, 6) is 0.539. The Morgan fingerprint density at radius 1 is 1.45 bits per heavy atom. The average molecular weight is 321 g/mol. The molecule has 20 heavy (non-hydrogen) atoms. The zero-order valence-corrected chi connectivity index (χ0v) is 13.4. The van der Waals surface area contributed by atoms with Crippen LogP contribution in [0, 0.1) is 0 Å². The fourth-order valence-electron chi connectivity index (χ4n) is 2.44. The lowest BCUT2D eigenvalue weighted by Crippen LogP contribution is -2.52. The third kappa shape index (κ3) is 3.33. The van der Waals surface area contributed by atoms with E-state index in [0.717, 1.165) is 19.5 Å². The molecule has 1 unspecified atom stereocenters. The summed E-state index contributed by atoms with van der Waals surface area (Å²) in [5.41, 5.74) is 0. The van der Waals surface area contributed by atoms with Crippen molar-refractivity contribution in [3.05, 3.63) is 12.4 Å². The first kappa shape index (κ1) is 15.8. The Kier molecular flexibility index (Phi) is 5.06. The maximum absolute atomic E-state index is 12.6. The number of alkyl halides is 1. The number of hydrogen-bond acceptors (Lipinski definition) is 4. The minimum Gasteiger partial charge on any atom is -0.303 e. The Labute approximate surface area is 125 Å². The molecule has 0 N–H and O–H groups in total. The van der Waals surface area contributed by atoms with Crippen molar-refractivity contribution >= 4 is 21.6 Å². The molecule has 1 aliphatic heterocycles. The summed E-state index contributed by atoms with van der Waals surface area (Å²) in [6.07, 6.45) is 3.79. The lowest BCUT2D eigenvalue weighted by molar-refractivity contribution is 0.170. The van der Waals surface area contributed by atoms with E-state index in [-0.39, 0.29) is 10.9 Å². The van der Waals surface area contributed by atoms with Crippen LogP contribution in [0.1, 0.15) is 13.3 Å². The van der Waals surface area contributed by atoms with Gasteiger partial charge in [0.1, 0.15) is 4.90 Å². The van der Waals surface area contributed by atoms with Gasteiger partial charge in [-0.2, -0.15) is 9.40 Å². The molecule has 1 aromatic rings. The van der Waals surface area contributed by atoms with Gasteiger partial charge in [0.15, 0.2) is 0 Å². The summed E-state index contributed by atoms with van der Waals surface area (Å²) < 4.78 is 28.4. The van der Waals surface area contributed by atoms with Crippen LogP contribution in [0.3, 0.4) is 0 Å². The maximum atomic E-state index is 12.6. The molecule has 1 atom stereocenters. The summed E-state index contributed by atoms with van der Waals surface area (Å²) in [6.45, 7) is 4.60. The number of likely N-dealkylation sites (N-methyl/N-ethyl adjacent to an activating group) is 1. The predicted molar refractivity (Wildman–Crippen MR) is 78.4 cm³/mol. The molecule has 0 aromatic carbocycles. The first-order valence-corrected chi connectivity index (χ1v) is 8.71. The smallest absolute Gasteiger partial charge is 0.246 e. The van der Waals surface area contributed by atoms with E-state index in [1.54, 1.807) is 15.2 Å². The molecular weight excluding hydrogens is 300 g/mol. The molecule has 1 fully saturated rings. The van der Waals surface area contributed by atoms with Crippen molar-refractivity contribution in [1.29, 1.82) is 0 Å². The van der Waals surface area contributed by atoms with Gasteiger partial charge >= 0.3 is 0 Å². The van der Waals surface area contributed by atoms with Crippen LogP contribution in [0.5, 0.6) is 0 Å². The molecule has 0 radical (unpaired) electrons. The lowest BCUT2D eigenvalue weighted by atomic mass is 10.2. The highest BCUT2D eigenvalue weighted by atomic mass is 35.5. The number of piperazine rings is 1. The van der Waals surface area contributed by atoms with E-state index in [4.69, 9.17) is 11.6 Å². The number of hydrogen-bond donors (Lipinski definition) is 0. The second kappa shape index (κ2) is 6.43. The van der Waals surface area contributed by atoms with E-state index in [1.807, 2.05) is 14.0 Å². The predicted octanol–water partition coefficient (Wildman–Crippen LogP) is 0.837. The van der Waals surface area contributed by atoms with E-state index in [9.17, 15) is 8.42 Å². The quantitative estimate of drug-likeness (QED) is 0.754. The van der Waals surface area contributed by atoms with E-state index in [2.05, 4.69) is 10.00 Å². The zero-order valence-electron chi connectivity index (χ0n) is 11.9. The molecule has 8 heteroatoms. The van der Waals surface area contributed by atoms with E-state index >= 15 is 0 Å². The molecule has 114 valence electrons. The Hall–Kier alpha value is -0.630. The van der Waals surface area contributed by atoms with Gasteiger partial charge in [0.2, 0.25) is 10.0 Å². The van der Waals surface area contributed by atoms with Crippen molar-refractivity contribution < 1.29 is 8.42 Å². The normalized spacial score (nSPS) is 22.2. The van der Waals surface area contributed by atoms with Crippen LogP contribution in [-0.2, 0) is 16.6 Å². The van der Waals surface area contributed by atoms with Gasteiger partial charge in [0.05, 0.1) is 6.20 Å². The fourth-order valence-corrected chi connectivity index (χ4v) is 4.13. The van der Waals surface area contributed by atoms with Crippen molar-refractivity contribution in [2.24, 2.45) is 0 Å². The minimum absolute atomic E-state index is 0.0232. The second-order valence-electron chi connectivity index (χ2n) is 5.21. The molecule has 0 amide bonds. The van der Waals surface area contributed by atoms with Gasteiger partial charge in [0.25, 0.3) is 0 Å². The number of aromatic nitrogens is 2. The Bertz CT molecular complexity index is 545. The molecular formula is C12H21ClN4O2S. The van der Waals surface area contributed by atoms with Crippen molar-refractivity contribution in [2.75, 3.05) is 32.6 Å². The largest absolute Gasteiger partial charge is 0.303 e. The molecule has 2 rings (SSSR count). The van der Waals surface area contributed by atoms with Gasteiger partial charge in [-0.3, -0.25) is 4.68 Å². The topological polar surface area (TPSA) is 58.4 Å². The number of sulfonamides is 1. The van der Waals surface area contributed by atoms with Gasteiger partial charge in [-0.25, -0.2) is 8.42 Å². The van der Waals surface area contributed by atoms with Crippen LogP contribution in [0.2, 0.25) is 0 Å². The van der Waals surface area contributed by atoms with Crippen LogP contribution < -0.4 is 0 Å². The molecule has 0 saturated carbocycles. The van der Waals surface area contributed by atoms with Crippen LogP contribution in [0.15, 0.2) is 17.3 Å². The minimum atomic E-state index is -3.45. The fraction of sp³-hybridized carbons (Fsp3) is 0.750. The summed E-state index contributed by atoms with van der Waals surface area (Å²) in [7, 11) is -1.44. The Balaban J connectivity index is 2.15. The van der Waals surface area contributed by atoms with Crippen LogP contribution in [0.25, 0.3) is 0 Å². The number of nitrogens with zero attached hydrogens (tertiary/aromatic N) is 4. The maximum Gasteiger partial charge on any atom is 0.246 e. The molecule has 0 bridgehead atoms. The summed E-state index contributed by atoms with van der Waals surface area (Å²) >= 11 is 5.63. The van der Waals surface area contributed by atoms with Crippen molar-refractivity contribution in [1.82, 2.24) is 19.0 Å². The van der Waals surface area contributed by atoms with Crippen LogP contribution in [0.4, 0.5) is 0 Å². The molecule has 1 saturated heterocycles. The second-order valence-corrected chi connectivity index (χ2v) is 7.48. The van der Waals surface area contributed by atoms with Gasteiger partial charge < -0.3 is 4.90 Å². The first-order valence-electron chi connectivity index (χ1n) is 6.74. The molecule has 2 heterocycles.